The Balaban J connectivity index is 1.92. The number of carbonyl (C=O) groups excluding carboxylic acids is 1. The van der Waals surface area contributed by atoms with Crippen molar-refractivity contribution >= 4 is 5.91 Å². The van der Waals surface area contributed by atoms with Gasteiger partial charge in [-0.05, 0) is 63.8 Å². The van der Waals surface area contributed by atoms with E-state index in [1.54, 1.807) is 13.8 Å². The van der Waals surface area contributed by atoms with Gasteiger partial charge in [0.2, 0.25) is 0 Å². The van der Waals surface area contributed by atoms with Crippen LogP contribution in [0.4, 0.5) is 0 Å². The molecule has 1 aromatic carbocycles. The standard InChI is InChI=1S/C19H27N3O2/c1-14-11-21-22(13-14)15(2)12-20-18(23)17-7-5-6-16(10-17)8-9-19(3,4)24/h5-7,10-11,13,15,24H,8-9,12H2,1-4H3,(H,20,23)/t15-/m1/s1. The lowest BCUT2D eigenvalue weighted by Gasteiger charge is -2.17. The third kappa shape index (κ3) is 5.49. The second-order valence-corrected chi connectivity index (χ2v) is 7.07. The lowest BCUT2D eigenvalue weighted by Crippen LogP contribution is -2.29. The minimum atomic E-state index is -0.699. The summed E-state index contributed by atoms with van der Waals surface area (Å²) in [5.74, 6) is -0.0872. The van der Waals surface area contributed by atoms with Crippen molar-refractivity contribution in [2.75, 3.05) is 6.54 Å². The molecule has 0 fully saturated rings. The summed E-state index contributed by atoms with van der Waals surface area (Å²) in [5, 5.41) is 17.1. The molecule has 2 rings (SSSR count). The highest BCUT2D eigenvalue weighted by Crippen LogP contribution is 2.14. The fraction of sp³-hybridized carbons (Fsp3) is 0.474. The van der Waals surface area contributed by atoms with E-state index in [-0.39, 0.29) is 11.9 Å². The Morgan fingerprint density at radius 1 is 1.42 bits per heavy atom. The molecule has 0 aliphatic carbocycles. The van der Waals surface area contributed by atoms with E-state index in [2.05, 4.69) is 10.4 Å². The van der Waals surface area contributed by atoms with Crippen LogP contribution in [0.15, 0.2) is 36.7 Å². The second kappa shape index (κ2) is 7.62. The van der Waals surface area contributed by atoms with Gasteiger partial charge in [-0.3, -0.25) is 9.48 Å². The van der Waals surface area contributed by atoms with E-state index in [0.717, 1.165) is 17.5 Å². The minimum absolute atomic E-state index is 0.0872. The van der Waals surface area contributed by atoms with Gasteiger partial charge < -0.3 is 10.4 Å². The fourth-order valence-corrected chi connectivity index (χ4v) is 2.43. The van der Waals surface area contributed by atoms with Gasteiger partial charge in [-0.15, -0.1) is 0 Å². The number of rotatable bonds is 7. The minimum Gasteiger partial charge on any atom is -0.390 e. The molecule has 2 N–H and O–H groups in total. The molecule has 0 spiro atoms. The molecule has 0 bridgehead atoms. The molecule has 1 aromatic heterocycles. The van der Waals surface area contributed by atoms with E-state index < -0.39 is 5.60 Å². The molecule has 0 saturated carbocycles. The molecule has 0 aliphatic rings. The van der Waals surface area contributed by atoms with Gasteiger partial charge in [0.1, 0.15) is 0 Å². The number of aliphatic hydroxyl groups is 1. The molecule has 24 heavy (non-hydrogen) atoms. The van der Waals surface area contributed by atoms with Gasteiger partial charge >= 0.3 is 0 Å². The summed E-state index contributed by atoms with van der Waals surface area (Å²) in [7, 11) is 0. The average molecular weight is 329 g/mol. The van der Waals surface area contributed by atoms with Crippen molar-refractivity contribution in [1.82, 2.24) is 15.1 Å². The average Bonchev–Trinajstić information content (AvgIpc) is 2.96. The monoisotopic (exact) mass is 329 g/mol. The number of nitrogens with zero attached hydrogens (tertiary/aromatic N) is 2. The fourth-order valence-electron chi connectivity index (χ4n) is 2.43. The molecule has 5 heteroatoms. The maximum absolute atomic E-state index is 12.3. The maximum Gasteiger partial charge on any atom is 0.251 e. The van der Waals surface area contributed by atoms with Crippen LogP contribution in [0, 0.1) is 6.92 Å². The normalized spacial score (nSPS) is 12.9. The van der Waals surface area contributed by atoms with E-state index in [0.29, 0.717) is 18.5 Å². The van der Waals surface area contributed by atoms with Crippen molar-refractivity contribution in [1.29, 1.82) is 0 Å². The number of aromatic nitrogens is 2. The van der Waals surface area contributed by atoms with Crippen LogP contribution in [0.1, 0.15) is 54.7 Å². The quantitative estimate of drug-likeness (QED) is 0.821. The number of aryl methyl sites for hydroxylation is 2. The highest BCUT2D eigenvalue weighted by atomic mass is 16.3. The SMILES string of the molecule is Cc1cnn([C@H](C)CNC(=O)c2cccc(CCC(C)(C)O)c2)c1. The zero-order chi connectivity index (χ0) is 17.7. The molecule has 5 nitrogen and oxygen atoms in total. The predicted molar refractivity (Wildman–Crippen MR) is 95.1 cm³/mol. The molecular weight excluding hydrogens is 302 g/mol. The first-order valence-corrected chi connectivity index (χ1v) is 8.35. The van der Waals surface area contributed by atoms with Crippen LogP contribution in [-0.4, -0.2) is 32.9 Å². The Morgan fingerprint density at radius 3 is 2.79 bits per heavy atom. The van der Waals surface area contributed by atoms with Gasteiger partial charge in [0.05, 0.1) is 17.8 Å². The first-order valence-electron chi connectivity index (χ1n) is 8.35. The van der Waals surface area contributed by atoms with Crippen LogP contribution in [0.5, 0.6) is 0 Å². The molecule has 130 valence electrons. The topological polar surface area (TPSA) is 67.2 Å². The van der Waals surface area contributed by atoms with Crippen LogP contribution in [0.3, 0.4) is 0 Å². The third-order valence-corrected chi connectivity index (χ3v) is 3.95. The molecule has 0 radical (unpaired) electrons. The number of benzene rings is 1. The zero-order valence-corrected chi connectivity index (χ0v) is 14.9. The highest BCUT2D eigenvalue weighted by molar-refractivity contribution is 5.94. The Labute approximate surface area is 143 Å². The van der Waals surface area contributed by atoms with E-state index in [1.807, 2.05) is 55.2 Å². The summed E-state index contributed by atoms with van der Waals surface area (Å²) < 4.78 is 1.86. The van der Waals surface area contributed by atoms with Crippen LogP contribution in [0.2, 0.25) is 0 Å². The van der Waals surface area contributed by atoms with Crippen LogP contribution >= 0.6 is 0 Å². The number of amides is 1. The van der Waals surface area contributed by atoms with Crippen molar-refractivity contribution in [3.8, 4) is 0 Å². The van der Waals surface area contributed by atoms with Crippen molar-refractivity contribution < 1.29 is 9.90 Å². The smallest absolute Gasteiger partial charge is 0.251 e. The van der Waals surface area contributed by atoms with Gasteiger partial charge in [0.25, 0.3) is 5.91 Å². The Hall–Kier alpha value is -2.14. The van der Waals surface area contributed by atoms with Gasteiger partial charge in [-0.2, -0.15) is 5.10 Å². The predicted octanol–water partition coefficient (Wildman–Crippen LogP) is 2.89. The largest absolute Gasteiger partial charge is 0.390 e. The zero-order valence-electron chi connectivity index (χ0n) is 14.9. The number of hydrogen-bond acceptors (Lipinski definition) is 3. The van der Waals surface area contributed by atoms with Crippen molar-refractivity contribution in [2.45, 2.75) is 52.2 Å². The Morgan fingerprint density at radius 2 is 2.17 bits per heavy atom. The van der Waals surface area contributed by atoms with Crippen molar-refractivity contribution in [3.05, 3.63) is 53.3 Å². The van der Waals surface area contributed by atoms with Gasteiger partial charge in [-0.1, -0.05) is 12.1 Å². The molecule has 1 amide bonds. The van der Waals surface area contributed by atoms with E-state index in [9.17, 15) is 9.90 Å². The molecule has 1 heterocycles. The van der Waals surface area contributed by atoms with Gasteiger partial charge in [0.15, 0.2) is 0 Å². The van der Waals surface area contributed by atoms with E-state index in [4.69, 9.17) is 0 Å². The van der Waals surface area contributed by atoms with Gasteiger partial charge in [-0.25, -0.2) is 0 Å². The Bertz CT molecular complexity index is 686. The molecule has 0 saturated heterocycles. The Kier molecular flexibility index (Phi) is 5.78. The molecular formula is C19H27N3O2. The summed E-state index contributed by atoms with van der Waals surface area (Å²) in [6.07, 6.45) is 5.18. The van der Waals surface area contributed by atoms with Crippen LogP contribution in [-0.2, 0) is 6.42 Å². The summed E-state index contributed by atoms with van der Waals surface area (Å²) in [6, 6.07) is 7.67. The van der Waals surface area contributed by atoms with Crippen molar-refractivity contribution in [2.24, 2.45) is 0 Å². The van der Waals surface area contributed by atoms with E-state index >= 15 is 0 Å². The van der Waals surface area contributed by atoms with E-state index in [1.165, 1.54) is 0 Å². The van der Waals surface area contributed by atoms with Crippen LogP contribution in [0.25, 0.3) is 0 Å². The lowest BCUT2D eigenvalue weighted by atomic mass is 9.98. The van der Waals surface area contributed by atoms with Crippen LogP contribution < -0.4 is 5.32 Å². The second-order valence-electron chi connectivity index (χ2n) is 7.07. The number of hydrogen-bond donors (Lipinski definition) is 2. The number of carbonyl (C=O) groups is 1. The molecule has 2 aromatic rings. The summed E-state index contributed by atoms with van der Waals surface area (Å²) in [4.78, 5) is 12.3. The molecule has 1 atom stereocenters. The number of nitrogens with one attached hydrogen (secondary N) is 1. The van der Waals surface area contributed by atoms with Gasteiger partial charge in [0, 0.05) is 18.3 Å². The summed E-state index contributed by atoms with van der Waals surface area (Å²) >= 11 is 0. The maximum atomic E-state index is 12.3. The molecule has 0 aliphatic heterocycles. The first-order chi connectivity index (χ1) is 11.2. The lowest BCUT2D eigenvalue weighted by molar-refractivity contribution is 0.0714. The summed E-state index contributed by atoms with van der Waals surface area (Å²) in [6.45, 7) is 8.12. The van der Waals surface area contributed by atoms with Crippen molar-refractivity contribution in [3.63, 3.8) is 0 Å². The first kappa shape index (κ1) is 18.2. The molecule has 0 unspecified atom stereocenters. The third-order valence-electron chi connectivity index (χ3n) is 3.95. The summed E-state index contributed by atoms with van der Waals surface area (Å²) in [5.41, 5.74) is 2.11. The highest BCUT2D eigenvalue weighted by Gasteiger charge is 2.14.